The van der Waals surface area contributed by atoms with Crippen LogP contribution in [0, 0.1) is 0 Å². The summed E-state index contributed by atoms with van der Waals surface area (Å²) in [6.07, 6.45) is 2.30. The van der Waals surface area contributed by atoms with E-state index in [1.807, 2.05) is 24.3 Å². The molecule has 0 aliphatic rings. The summed E-state index contributed by atoms with van der Waals surface area (Å²) in [7, 11) is 1.66. The maximum atomic E-state index is 5.77. The Balaban J connectivity index is 2.46. The van der Waals surface area contributed by atoms with Crippen LogP contribution in [0.1, 0.15) is 26.7 Å². The molecule has 0 aliphatic carbocycles. The van der Waals surface area contributed by atoms with Crippen molar-refractivity contribution < 1.29 is 9.47 Å². The van der Waals surface area contributed by atoms with Crippen molar-refractivity contribution in [2.75, 3.05) is 20.3 Å². The van der Waals surface area contributed by atoms with Crippen molar-refractivity contribution in [3.63, 3.8) is 0 Å². The van der Waals surface area contributed by atoms with Gasteiger partial charge >= 0.3 is 0 Å². The van der Waals surface area contributed by atoms with Crippen LogP contribution in [0.3, 0.4) is 0 Å². The molecule has 0 fully saturated rings. The smallest absolute Gasteiger partial charge is 0.123 e. The zero-order valence-corrected chi connectivity index (χ0v) is 11.0. The number of ether oxygens (including phenoxy) is 2. The first-order valence-corrected chi connectivity index (χ1v) is 6.30. The molecule has 1 aromatic rings. The van der Waals surface area contributed by atoms with E-state index in [9.17, 15) is 0 Å². The topological polar surface area (TPSA) is 30.5 Å². The van der Waals surface area contributed by atoms with E-state index in [0.29, 0.717) is 12.6 Å². The molecule has 1 unspecified atom stereocenters. The molecular formula is C14H23NO2. The third-order valence-corrected chi connectivity index (χ3v) is 2.62. The first-order chi connectivity index (χ1) is 8.30. The molecule has 1 rings (SSSR count). The van der Waals surface area contributed by atoms with E-state index in [4.69, 9.17) is 9.47 Å². The fourth-order valence-electron chi connectivity index (χ4n) is 1.77. The third-order valence-electron chi connectivity index (χ3n) is 2.62. The van der Waals surface area contributed by atoms with Crippen LogP contribution in [0.5, 0.6) is 11.5 Å². The zero-order valence-electron chi connectivity index (χ0n) is 11.0. The molecule has 0 heterocycles. The lowest BCUT2D eigenvalue weighted by molar-refractivity contribution is 0.256. The summed E-state index contributed by atoms with van der Waals surface area (Å²) in [5, 5.41) is 3.43. The second-order valence-electron chi connectivity index (χ2n) is 4.03. The van der Waals surface area contributed by atoms with Crippen LogP contribution in [0.2, 0.25) is 0 Å². The molecule has 96 valence electrons. The Morgan fingerprint density at radius 3 is 2.65 bits per heavy atom. The fourth-order valence-corrected chi connectivity index (χ4v) is 1.77. The van der Waals surface area contributed by atoms with E-state index in [2.05, 4.69) is 19.2 Å². The highest BCUT2D eigenvalue weighted by atomic mass is 16.5. The zero-order chi connectivity index (χ0) is 12.5. The average Bonchev–Trinajstić information content (AvgIpc) is 2.37. The minimum Gasteiger partial charge on any atom is -0.497 e. The normalized spacial score (nSPS) is 12.2. The van der Waals surface area contributed by atoms with Gasteiger partial charge in [0.2, 0.25) is 0 Å². The van der Waals surface area contributed by atoms with E-state index in [0.717, 1.165) is 24.5 Å². The van der Waals surface area contributed by atoms with Gasteiger partial charge in [-0.05, 0) is 25.1 Å². The van der Waals surface area contributed by atoms with Gasteiger partial charge in [-0.2, -0.15) is 0 Å². The van der Waals surface area contributed by atoms with Crippen LogP contribution >= 0.6 is 0 Å². The summed E-state index contributed by atoms with van der Waals surface area (Å²) in [5.41, 5.74) is 0. The van der Waals surface area contributed by atoms with Gasteiger partial charge in [0.25, 0.3) is 0 Å². The Kier molecular flexibility index (Phi) is 6.48. The van der Waals surface area contributed by atoms with Gasteiger partial charge in [0, 0.05) is 12.1 Å². The SMILES string of the molecule is CCCC(COc1cccc(OC)c1)NCC. The van der Waals surface area contributed by atoms with E-state index in [1.54, 1.807) is 7.11 Å². The Labute approximate surface area is 104 Å². The molecule has 0 bridgehead atoms. The minimum absolute atomic E-state index is 0.427. The van der Waals surface area contributed by atoms with E-state index >= 15 is 0 Å². The first kappa shape index (κ1) is 13.8. The molecule has 1 aromatic carbocycles. The fraction of sp³-hybridized carbons (Fsp3) is 0.571. The van der Waals surface area contributed by atoms with Gasteiger partial charge < -0.3 is 14.8 Å². The maximum absolute atomic E-state index is 5.77. The molecule has 0 radical (unpaired) electrons. The molecule has 0 saturated carbocycles. The Morgan fingerprint density at radius 1 is 1.24 bits per heavy atom. The molecule has 0 aromatic heterocycles. The monoisotopic (exact) mass is 237 g/mol. The van der Waals surface area contributed by atoms with E-state index < -0.39 is 0 Å². The Morgan fingerprint density at radius 2 is 2.00 bits per heavy atom. The van der Waals surface area contributed by atoms with Crippen molar-refractivity contribution in [3.8, 4) is 11.5 Å². The number of nitrogens with one attached hydrogen (secondary N) is 1. The summed E-state index contributed by atoms with van der Waals surface area (Å²) in [5.74, 6) is 1.70. The number of hydrogen-bond donors (Lipinski definition) is 1. The summed E-state index contributed by atoms with van der Waals surface area (Å²) >= 11 is 0. The highest BCUT2D eigenvalue weighted by molar-refractivity contribution is 5.32. The summed E-state index contributed by atoms with van der Waals surface area (Å²) in [6.45, 7) is 5.99. The van der Waals surface area contributed by atoms with Gasteiger partial charge in [-0.1, -0.05) is 26.3 Å². The van der Waals surface area contributed by atoms with Gasteiger partial charge in [-0.25, -0.2) is 0 Å². The summed E-state index contributed by atoms with van der Waals surface area (Å²) in [6, 6.07) is 8.15. The Hall–Kier alpha value is -1.22. The molecule has 1 N–H and O–H groups in total. The lowest BCUT2D eigenvalue weighted by atomic mass is 10.2. The van der Waals surface area contributed by atoms with Crippen LogP contribution in [0.15, 0.2) is 24.3 Å². The predicted molar refractivity (Wildman–Crippen MR) is 70.9 cm³/mol. The van der Waals surface area contributed by atoms with Crippen molar-refractivity contribution >= 4 is 0 Å². The molecule has 3 nitrogen and oxygen atoms in total. The van der Waals surface area contributed by atoms with Crippen molar-refractivity contribution in [1.82, 2.24) is 5.32 Å². The van der Waals surface area contributed by atoms with Crippen LogP contribution in [-0.4, -0.2) is 26.3 Å². The number of rotatable bonds is 8. The molecule has 0 saturated heterocycles. The maximum Gasteiger partial charge on any atom is 0.123 e. The second kappa shape index (κ2) is 7.96. The second-order valence-corrected chi connectivity index (χ2v) is 4.03. The standard InChI is InChI=1S/C14H23NO2/c1-4-7-12(15-5-2)11-17-14-9-6-8-13(10-14)16-3/h6,8-10,12,15H,4-5,7,11H2,1-3H3. The van der Waals surface area contributed by atoms with E-state index in [-0.39, 0.29) is 0 Å². The third kappa shape index (κ3) is 5.09. The predicted octanol–water partition coefficient (Wildman–Crippen LogP) is 2.85. The van der Waals surface area contributed by atoms with Gasteiger partial charge in [0.05, 0.1) is 7.11 Å². The van der Waals surface area contributed by atoms with Crippen molar-refractivity contribution in [1.29, 1.82) is 0 Å². The molecule has 0 spiro atoms. The number of benzene rings is 1. The van der Waals surface area contributed by atoms with Crippen molar-refractivity contribution in [3.05, 3.63) is 24.3 Å². The molecule has 3 heteroatoms. The van der Waals surface area contributed by atoms with Gasteiger partial charge in [-0.3, -0.25) is 0 Å². The van der Waals surface area contributed by atoms with Crippen molar-refractivity contribution in [2.24, 2.45) is 0 Å². The van der Waals surface area contributed by atoms with Gasteiger partial charge in [0.1, 0.15) is 18.1 Å². The first-order valence-electron chi connectivity index (χ1n) is 6.30. The minimum atomic E-state index is 0.427. The van der Waals surface area contributed by atoms with Crippen molar-refractivity contribution in [2.45, 2.75) is 32.7 Å². The molecule has 0 aliphatic heterocycles. The lowest BCUT2D eigenvalue weighted by Gasteiger charge is -2.18. The van der Waals surface area contributed by atoms with Crippen LogP contribution in [-0.2, 0) is 0 Å². The van der Waals surface area contributed by atoms with Gasteiger partial charge in [0.15, 0.2) is 0 Å². The molecule has 0 amide bonds. The molecule has 17 heavy (non-hydrogen) atoms. The number of hydrogen-bond acceptors (Lipinski definition) is 3. The lowest BCUT2D eigenvalue weighted by Crippen LogP contribution is -2.34. The highest BCUT2D eigenvalue weighted by Crippen LogP contribution is 2.19. The van der Waals surface area contributed by atoms with E-state index in [1.165, 1.54) is 6.42 Å². The van der Waals surface area contributed by atoms with Crippen LogP contribution in [0.4, 0.5) is 0 Å². The average molecular weight is 237 g/mol. The Bertz CT molecular complexity index is 309. The number of methoxy groups -OCH3 is 1. The highest BCUT2D eigenvalue weighted by Gasteiger charge is 2.07. The van der Waals surface area contributed by atoms with Gasteiger partial charge in [-0.15, -0.1) is 0 Å². The molecular weight excluding hydrogens is 214 g/mol. The summed E-state index contributed by atoms with van der Waals surface area (Å²) < 4.78 is 10.9. The van der Waals surface area contributed by atoms with Crippen LogP contribution < -0.4 is 14.8 Å². The largest absolute Gasteiger partial charge is 0.497 e. The quantitative estimate of drug-likeness (QED) is 0.754. The van der Waals surface area contributed by atoms with Crippen LogP contribution in [0.25, 0.3) is 0 Å². The number of likely N-dealkylation sites (N-methyl/N-ethyl adjacent to an activating group) is 1. The summed E-state index contributed by atoms with van der Waals surface area (Å²) in [4.78, 5) is 0. The molecule has 1 atom stereocenters.